The Morgan fingerprint density at radius 2 is 2.04 bits per heavy atom. The number of rotatable bonds is 5. The Labute approximate surface area is 163 Å². The molecule has 2 heterocycles. The van der Waals surface area contributed by atoms with E-state index in [1.807, 2.05) is 24.3 Å². The summed E-state index contributed by atoms with van der Waals surface area (Å²) in [6, 6.07) is 10.8. The highest BCUT2D eigenvalue weighted by molar-refractivity contribution is 5.95. The van der Waals surface area contributed by atoms with Crippen molar-refractivity contribution in [1.29, 1.82) is 0 Å². The van der Waals surface area contributed by atoms with Gasteiger partial charge in [0.15, 0.2) is 18.2 Å². The number of methoxy groups -OCH3 is 1. The van der Waals surface area contributed by atoms with Crippen molar-refractivity contribution in [2.75, 3.05) is 32.2 Å². The summed E-state index contributed by atoms with van der Waals surface area (Å²) in [6.45, 7) is 1.82. The number of hydrogen-bond acceptors (Lipinski definition) is 5. The highest BCUT2D eigenvalue weighted by atomic mass is 19.1. The normalized spacial score (nSPS) is 18.0. The van der Waals surface area contributed by atoms with Gasteiger partial charge in [0.2, 0.25) is 0 Å². The number of hydrogen-bond donors (Lipinski definition) is 2. The lowest BCUT2D eigenvalue weighted by Crippen LogP contribution is -2.46. The number of benzene rings is 2. The Balaban J connectivity index is 1.57. The molecule has 0 saturated carbocycles. The lowest BCUT2D eigenvalue weighted by molar-refractivity contribution is -0.118. The van der Waals surface area contributed by atoms with E-state index < -0.39 is 0 Å². The second-order valence-electron chi connectivity index (χ2n) is 7.06. The summed E-state index contributed by atoms with van der Waals surface area (Å²) in [5, 5.41) is 6.43. The molecule has 2 aromatic carbocycles. The van der Waals surface area contributed by atoms with E-state index in [0.717, 1.165) is 24.0 Å². The summed E-state index contributed by atoms with van der Waals surface area (Å²) in [7, 11) is 1.46. The zero-order valence-electron chi connectivity index (χ0n) is 15.7. The predicted octanol–water partition coefficient (Wildman–Crippen LogP) is 2.96. The average molecular weight is 386 g/mol. The topological polar surface area (TPSA) is 68.8 Å². The van der Waals surface area contributed by atoms with Gasteiger partial charge in [0.25, 0.3) is 5.91 Å². The lowest BCUT2D eigenvalue weighted by Gasteiger charge is -2.39. The van der Waals surface area contributed by atoms with Crippen molar-refractivity contribution < 1.29 is 23.4 Å². The largest absolute Gasteiger partial charge is 0.494 e. The average Bonchev–Trinajstić information content (AvgIpc) is 2.72. The van der Waals surface area contributed by atoms with Gasteiger partial charge in [-0.1, -0.05) is 12.1 Å². The minimum Gasteiger partial charge on any atom is -0.494 e. The Hall–Kier alpha value is -2.64. The minimum absolute atomic E-state index is 0.0384. The van der Waals surface area contributed by atoms with Gasteiger partial charge < -0.3 is 24.8 Å². The number of carbonyl (C=O) groups is 1. The fraction of sp³-hybridized carbons (Fsp3) is 0.381. The summed E-state index contributed by atoms with van der Waals surface area (Å²) in [4.78, 5) is 11.6. The van der Waals surface area contributed by atoms with Gasteiger partial charge in [-0.05, 0) is 48.2 Å². The molecule has 0 bridgehead atoms. The van der Waals surface area contributed by atoms with Crippen molar-refractivity contribution in [3.63, 3.8) is 0 Å². The van der Waals surface area contributed by atoms with Crippen LogP contribution in [0.4, 0.5) is 10.1 Å². The molecule has 4 rings (SSSR count). The molecule has 0 atom stereocenters. The van der Waals surface area contributed by atoms with Crippen molar-refractivity contribution in [1.82, 2.24) is 5.32 Å². The van der Waals surface area contributed by atoms with E-state index in [1.54, 1.807) is 6.07 Å². The maximum atomic E-state index is 14.3. The van der Waals surface area contributed by atoms with Crippen molar-refractivity contribution >= 4 is 11.6 Å². The third-order valence-corrected chi connectivity index (χ3v) is 5.36. The summed E-state index contributed by atoms with van der Waals surface area (Å²) < 4.78 is 30.3. The molecule has 6 nitrogen and oxygen atoms in total. The third-order valence-electron chi connectivity index (χ3n) is 5.36. The van der Waals surface area contributed by atoms with Crippen molar-refractivity contribution in [3.05, 3.63) is 53.3 Å². The molecule has 0 unspecified atom stereocenters. The van der Waals surface area contributed by atoms with Crippen LogP contribution in [-0.2, 0) is 21.6 Å². The molecule has 148 valence electrons. The SMILES string of the molecule is COc1ccc(C2(NCc3ccc4c(c3)NC(=O)CO4)CCOCC2)cc1F. The molecule has 7 heteroatoms. The van der Waals surface area contributed by atoms with Crippen molar-refractivity contribution in [2.45, 2.75) is 24.9 Å². The van der Waals surface area contributed by atoms with Gasteiger partial charge in [-0.2, -0.15) is 0 Å². The predicted molar refractivity (Wildman–Crippen MR) is 102 cm³/mol. The van der Waals surface area contributed by atoms with Crippen LogP contribution in [0.25, 0.3) is 0 Å². The van der Waals surface area contributed by atoms with E-state index in [4.69, 9.17) is 14.2 Å². The zero-order chi connectivity index (χ0) is 19.6. The van der Waals surface area contributed by atoms with Crippen LogP contribution in [-0.4, -0.2) is 32.8 Å². The second kappa shape index (κ2) is 7.77. The number of halogens is 1. The van der Waals surface area contributed by atoms with Gasteiger partial charge in [0.1, 0.15) is 5.75 Å². The van der Waals surface area contributed by atoms with E-state index in [0.29, 0.717) is 31.2 Å². The second-order valence-corrected chi connectivity index (χ2v) is 7.06. The van der Waals surface area contributed by atoms with Crippen LogP contribution in [0.3, 0.4) is 0 Å². The first-order chi connectivity index (χ1) is 13.6. The molecule has 2 N–H and O–H groups in total. The minimum atomic E-state index is -0.388. The number of carbonyl (C=O) groups excluding carboxylic acids is 1. The summed E-state index contributed by atoms with van der Waals surface area (Å²) in [5.41, 5.74) is 2.17. The van der Waals surface area contributed by atoms with E-state index >= 15 is 0 Å². The van der Waals surface area contributed by atoms with Gasteiger partial charge >= 0.3 is 0 Å². The molecule has 0 spiro atoms. The Kier molecular flexibility index (Phi) is 5.19. The van der Waals surface area contributed by atoms with Gasteiger partial charge in [0.05, 0.1) is 12.8 Å². The van der Waals surface area contributed by atoms with Crippen LogP contribution < -0.4 is 20.1 Å². The standard InChI is InChI=1S/C21H23FN2O4/c1-26-18-5-3-15(11-16(18)22)21(6-8-27-9-7-21)23-12-14-2-4-19-17(10-14)24-20(25)13-28-19/h2-5,10-11,23H,6-9,12-13H2,1H3,(H,24,25). The maximum absolute atomic E-state index is 14.3. The fourth-order valence-electron chi connectivity index (χ4n) is 3.76. The number of anilines is 1. The molecule has 0 radical (unpaired) electrons. The van der Waals surface area contributed by atoms with E-state index in [-0.39, 0.29) is 29.6 Å². The van der Waals surface area contributed by atoms with Crippen LogP contribution >= 0.6 is 0 Å². The van der Waals surface area contributed by atoms with Crippen LogP contribution in [0.15, 0.2) is 36.4 Å². The molecular formula is C21H23FN2O4. The first kappa shape index (κ1) is 18.7. The quantitative estimate of drug-likeness (QED) is 0.827. The van der Waals surface area contributed by atoms with Crippen LogP contribution in [0.1, 0.15) is 24.0 Å². The number of ether oxygens (including phenoxy) is 3. The Morgan fingerprint density at radius 3 is 2.79 bits per heavy atom. The molecule has 1 amide bonds. The molecule has 2 aromatic rings. The van der Waals surface area contributed by atoms with E-state index in [9.17, 15) is 9.18 Å². The molecule has 0 aliphatic carbocycles. The van der Waals surface area contributed by atoms with Crippen LogP contribution in [0.5, 0.6) is 11.5 Å². The van der Waals surface area contributed by atoms with Crippen LogP contribution in [0, 0.1) is 5.82 Å². The molecule has 1 fully saturated rings. The van der Waals surface area contributed by atoms with Crippen LogP contribution in [0.2, 0.25) is 0 Å². The van der Waals surface area contributed by atoms with Gasteiger partial charge in [-0.3, -0.25) is 4.79 Å². The number of amides is 1. The number of nitrogens with one attached hydrogen (secondary N) is 2. The number of fused-ring (bicyclic) bond motifs is 1. The third kappa shape index (κ3) is 3.68. The molecule has 1 saturated heterocycles. The van der Waals surface area contributed by atoms with Gasteiger partial charge in [-0.25, -0.2) is 4.39 Å². The monoisotopic (exact) mass is 386 g/mol. The van der Waals surface area contributed by atoms with Crippen molar-refractivity contribution in [2.24, 2.45) is 0 Å². The Bertz CT molecular complexity index is 881. The highest BCUT2D eigenvalue weighted by Gasteiger charge is 2.34. The van der Waals surface area contributed by atoms with Gasteiger partial charge in [0, 0.05) is 25.3 Å². The summed E-state index contributed by atoms with van der Waals surface area (Å²) >= 11 is 0. The smallest absolute Gasteiger partial charge is 0.262 e. The molecule has 28 heavy (non-hydrogen) atoms. The molecular weight excluding hydrogens is 363 g/mol. The zero-order valence-corrected chi connectivity index (χ0v) is 15.7. The maximum Gasteiger partial charge on any atom is 0.262 e. The summed E-state index contributed by atoms with van der Waals surface area (Å²) in [5.74, 6) is 0.367. The first-order valence-corrected chi connectivity index (χ1v) is 9.32. The first-order valence-electron chi connectivity index (χ1n) is 9.32. The summed E-state index contributed by atoms with van der Waals surface area (Å²) in [6.07, 6.45) is 1.48. The van der Waals surface area contributed by atoms with E-state index in [1.165, 1.54) is 13.2 Å². The molecule has 0 aromatic heterocycles. The molecule has 2 aliphatic rings. The van der Waals surface area contributed by atoms with E-state index in [2.05, 4.69) is 10.6 Å². The van der Waals surface area contributed by atoms with Gasteiger partial charge in [-0.15, -0.1) is 0 Å². The highest BCUT2D eigenvalue weighted by Crippen LogP contribution is 2.35. The lowest BCUT2D eigenvalue weighted by atomic mass is 9.82. The Morgan fingerprint density at radius 1 is 1.21 bits per heavy atom. The molecule has 2 aliphatic heterocycles. The fourth-order valence-corrected chi connectivity index (χ4v) is 3.76. The van der Waals surface area contributed by atoms with Crippen molar-refractivity contribution in [3.8, 4) is 11.5 Å².